The number of hydrogen-bond donors (Lipinski definition) is 1. The normalized spacial score (nSPS) is 10.9. The van der Waals surface area contributed by atoms with Gasteiger partial charge in [-0.25, -0.2) is 4.98 Å². The van der Waals surface area contributed by atoms with Gasteiger partial charge in [-0.3, -0.25) is 4.98 Å². The van der Waals surface area contributed by atoms with Gasteiger partial charge in [0.05, 0.1) is 11.2 Å². The largest absolute Gasteiger partial charge is 0.307 e. The molecule has 90 valence electrons. The van der Waals surface area contributed by atoms with Crippen molar-refractivity contribution in [3.63, 3.8) is 0 Å². The zero-order chi connectivity index (χ0) is 12.2. The van der Waals surface area contributed by atoms with Gasteiger partial charge in [0.25, 0.3) is 0 Å². The van der Waals surface area contributed by atoms with E-state index in [1.807, 2.05) is 17.9 Å². The second-order valence-corrected chi connectivity index (χ2v) is 4.82. The lowest BCUT2D eigenvalue weighted by Gasteiger charge is -2.07. The highest BCUT2D eigenvalue weighted by atomic mass is 32.1. The molecule has 2 heterocycles. The summed E-state index contributed by atoms with van der Waals surface area (Å²) in [6.07, 6.45) is 3.74. The SMILES string of the molecule is c1cc(CNCc2cscn2)c2ccncc2c1. The van der Waals surface area contributed by atoms with Crippen molar-refractivity contribution < 1.29 is 0 Å². The minimum atomic E-state index is 0.810. The average molecular weight is 255 g/mol. The first-order chi connectivity index (χ1) is 8.93. The molecule has 0 unspecified atom stereocenters. The molecule has 3 rings (SSSR count). The van der Waals surface area contributed by atoms with Gasteiger partial charge < -0.3 is 5.32 Å². The molecule has 2 aromatic heterocycles. The van der Waals surface area contributed by atoms with Gasteiger partial charge in [-0.15, -0.1) is 11.3 Å². The van der Waals surface area contributed by atoms with Gasteiger partial charge in [-0.1, -0.05) is 18.2 Å². The third-order valence-electron chi connectivity index (χ3n) is 2.88. The summed E-state index contributed by atoms with van der Waals surface area (Å²) < 4.78 is 0. The van der Waals surface area contributed by atoms with Crippen LogP contribution >= 0.6 is 11.3 Å². The molecule has 0 fully saturated rings. The highest BCUT2D eigenvalue weighted by molar-refractivity contribution is 7.07. The molecule has 0 aliphatic rings. The van der Waals surface area contributed by atoms with Crippen LogP contribution in [0.25, 0.3) is 10.8 Å². The predicted molar refractivity (Wildman–Crippen MR) is 74.4 cm³/mol. The van der Waals surface area contributed by atoms with Crippen LogP contribution in [0.3, 0.4) is 0 Å². The molecule has 1 N–H and O–H groups in total. The van der Waals surface area contributed by atoms with Crippen molar-refractivity contribution in [3.05, 3.63) is 58.8 Å². The molecular formula is C14H13N3S. The number of benzene rings is 1. The standard InChI is InChI=1S/C14H13N3S/c1-2-11-6-15-5-4-14(11)12(3-1)7-16-8-13-9-18-10-17-13/h1-6,9-10,16H,7-8H2. The van der Waals surface area contributed by atoms with E-state index in [9.17, 15) is 0 Å². The Hall–Kier alpha value is -1.78. The van der Waals surface area contributed by atoms with E-state index >= 15 is 0 Å². The molecule has 0 spiro atoms. The highest BCUT2D eigenvalue weighted by Crippen LogP contribution is 2.17. The number of nitrogens with one attached hydrogen (secondary N) is 1. The van der Waals surface area contributed by atoms with E-state index in [2.05, 4.69) is 44.9 Å². The average Bonchev–Trinajstić information content (AvgIpc) is 2.92. The van der Waals surface area contributed by atoms with E-state index in [-0.39, 0.29) is 0 Å². The third-order valence-corrected chi connectivity index (χ3v) is 3.51. The number of pyridine rings is 1. The molecule has 0 atom stereocenters. The summed E-state index contributed by atoms with van der Waals surface area (Å²) >= 11 is 1.63. The van der Waals surface area contributed by atoms with Gasteiger partial charge in [-0.2, -0.15) is 0 Å². The van der Waals surface area contributed by atoms with Crippen LogP contribution in [-0.4, -0.2) is 9.97 Å². The van der Waals surface area contributed by atoms with Crippen LogP contribution in [0.5, 0.6) is 0 Å². The third kappa shape index (κ3) is 2.39. The van der Waals surface area contributed by atoms with Crippen molar-refractivity contribution in [2.24, 2.45) is 0 Å². The zero-order valence-electron chi connectivity index (χ0n) is 9.84. The fraction of sp³-hybridized carbons (Fsp3) is 0.143. The molecule has 0 aliphatic carbocycles. The number of nitrogens with zero attached hydrogens (tertiary/aromatic N) is 2. The van der Waals surface area contributed by atoms with E-state index in [0.29, 0.717) is 0 Å². The molecule has 0 bridgehead atoms. The molecule has 0 amide bonds. The topological polar surface area (TPSA) is 37.8 Å². The van der Waals surface area contributed by atoms with E-state index in [4.69, 9.17) is 0 Å². The maximum absolute atomic E-state index is 4.26. The second-order valence-electron chi connectivity index (χ2n) is 4.10. The van der Waals surface area contributed by atoms with Gasteiger partial charge >= 0.3 is 0 Å². The van der Waals surface area contributed by atoms with Crippen molar-refractivity contribution in [1.29, 1.82) is 0 Å². The lowest BCUT2D eigenvalue weighted by molar-refractivity contribution is 0.685. The van der Waals surface area contributed by atoms with Gasteiger partial charge in [0.2, 0.25) is 0 Å². The number of rotatable bonds is 4. The molecule has 1 aromatic carbocycles. The Morgan fingerprint density at radius 2 is 2.17 bits per heavy atom. The summed E-state index contributed by atoms with van der Waals surface area (Å²) in [5.74, 6) is 0. The molecule has 3 nitrogen and oxygen atoms in total. The van der Waals surface area contributed by atoms with Crippen LogP contribution in [0.1, 0.15) is 11.3 Å². The Labute approximate surface area is 110 Å². The quantitative estimate of drug-likeness (QED) is 0.779. The number of fused-ring (bicyclic) bond motifs is 1. The first-order valence-electron chi connectivity index (χ1n) is 5.83. The van der Waals surface area contributed by atoms with Gasteiger partial charge in [0.15, 0.2) is 0 Å². The summed E-state index contributed by atoms with van der Waals surface area (Å²) in [5, 5.41) is 7.94. The lowest BCUT2D eigenvalue weighted by Crippen LogP contribution is -2.13. The van der Waals surface area contributed by atoms with Crippen LogP contribution < -0.4 is 5.32 Å². The summed E-state index contributed by atoms with van der Waals surface area (Å²) in [6, 6.07) is 8.38. The molecule has 0 aliphatic heterocycles. The van der Waals surface area contributed by atoms with E-state index in [1.54, 1.807) is 11.3 Å². The number of thiazole rings is 1. The Balaban J connectivity index is 1.74. The fourth-order valence-corrected chi connectivity index (χ4v) is 2.55. The van der Waals surface area contributed by atoms with E-state index in [0.717, 1.165) is 18.8 Å². The smallest absolute Gasteiger partial charge is 0.0795 e. The fourth-order valence-electron chi connectivity index (χ4n) is 1.99. The lowest BCUT2D eigenvalue weighted by atomic mass is 10.1. The summed E-state index contributed by atoms with van der Waals surface area (Å²) in [6.45, 7) is 1.66. The second kappa shape index (κ2) is 5.25. The Morgan fingerprint density at radius 3 is 3.06 bits per heavy atom. The summed E-state index contributed by atoms with van der Waals surface area (Å²) in [4.78, 5) is 8.40. The maximum atomic E-state index is 4.26. The number of hydrogen-bond acceptors (Lipinski definition) is 4. The van der Waals surface area contributed by atoms with Gasteiger partial charge in [0, 0.05) is 36.2 Å². The van der Waals surface area contributed by atoms with Crippen molar-refractivity contribution in [1.82, 2.24) is 15.3 Å². The first kappa shape index (κ1) is 11.3. The molecule has 18 heavy (non-hydrogen) atoms. The summed E-state index contributed by atoms with van der Waals surface area (Å²) in [7, 11) is 0. The molecule has 4 heteroatoms. The first-order valence-corrected chi connectivity index (χ1v) is 6.77. The minimum absolute atomic E-state index is 0.810. The van der Waals surface area contributed by atoms with Crippen LogP contribution in [0.2, 0.25) is 0 Å². The number of aromatic nitrogens is 2. The Bertz CT molecular complexity index is 629. The van der Waals surface area contributed by atoms with Gasteiger partial charge in [-0.05, 0) is 17.0 Å². The van der Waals surface area contributed by atoms with Crippen LogP contribution in [0, 0.1) is 0 Å². The van der Waals surface area contributed by atoms with Gasteiger partial charge in [0.1, 0.15) is 0 Å². The van der Waals surface area contributed by atoms with Crippen LogP contribution in [0.15, 0.2) is 47.5 Å². The monoisotopic (exact) mass is 255 g/mol. The highest BCUT2D eigenvalue weighted by Gasteiger charge is 2.00. The summed E-state index contributed by atoms with van der Waals surface area (Å²) in [5.41, 5.74) is 4.26. The Kier molecular flexibility index (Phi) is 3.30. The maximum Gasteiger partial charge on any atom is 0.0795 e. The van der Waals surface area contributed by atoms with Crippen LogP contribution in [0.4, 0.5) is 0 Å². The molecule has 0 radical (unpaired) electrons. The molecule has 0 saturated carbocycles. The van der Waals surface area contributed by atoms with E-state index < -0.39 is 0 Å². The molecule has 0 saturated heterocycles. The van der Waals surface area contributed by atoms with E-state index in [1.165, 1.54) is 16.3 Å². The van der Waals surface area contributed by atoms with Crippen molar-refractivity contribution >= 4 is 22.1 Å². The predicted octanol–water partition coefficient (Wildman–Crippen LogP) is 2.98. The van der Waals surface area contributed by atoms with Crippen molar-refractivity contribution in [2.45, 2.75) is 13.1 Å². The van der Waals surface area contributed by atoms with Crippen molar-refractivity contribution in [2.75, 3.05) is 0 Å². The minimum Gasteiger partial charge on any atom is -0.307 e. The van der Waals surface area contributed by atoms with Crippen molar-refractivity contribution in [3.8, 4) is 0 Å². The van der Waals surface area contributed by atoms with Crippen LogP contribution in [-0.2, 0) is 13.1 Å². The zero-order valence-corrected chi connectivity index (χ0v) is 10.7. The Morgan fingerprint density at radius 1 is 1.17 bits per heavy atom. The molecule has 3 aromatic rings. The molecular weight excluding hydrogens is 242 g/mol.